The normalized spacial score (nSPS) is 9.94. The molecule has 0 fully saturated rings. The molecule has 0 saturated carbocycles. The summed E-state index contributed by atoms with van der Waals surface area (Å²) in [7, 11) is 1.51. The Morgan fingerprint density at radius 1 is 1.24 bits per heavy atom. The molecule has 0 amide bonds. The van der Waals surface area contributed by atoms with Gasteiger partial charge < -0.3 is 4.74 Å². The molecule has 6 heteroatoms. The van der Waals surface area contributed by atoms with E-state index in [-0.39, 0.29) is 18.0 Å². The van der Waals surface area contributed by atoms with Crippen LogP contribution in [0.3, 0.4) is 0 Å². The Labute approximate surface area is 97.7 Å². The van der Waals surface area contributed by atoms with Crippen molar-refractivity contribution < 1.29 is 9.53 Å². The molecule has 0 atom stereocenters. The average Bonchev–Trinajstić information content (AvgIpc) is 2.40. The van der Waals surface area contributed by atoms with Crippen LogP contribution in [0.4, 0.5) is 0 Å². The number of rotatable bonds is 4. The molecule has 0 aromatic carbocycles. The zero-order chi connectivity index (χ0) is 12.1. The largest absolute Gasteiger partial charge is 0.481 e. The molecular formula is C11H10N4O2. The monoisotopic (exact) mass is 230 g/mol. The van der Waals surface area contributed by atoms with E-state index >= 15 is 0 Å². The van der Waals surface area contributed by atoms with Crippen LogP contribution in [0.2, 0.25) is 0 Å². The molecular weight excluding hydrogens is 220 g/mol. The molecule has 0 radical (unpaired) electrons. The Morgan fingerprint density at radius 3 is 2.71 bits per heavy atom. The van der Waals surface area contributed by atoms with Crippen LogP contribution < -0.4 is 4.74 Å². The first-order valence-electron chi connectivity index (χ1n) is 4.94. The van der Waals surface area contributed by atoms with Gasteiger partial charge in [0.1, 0.15) is 6.33 Å². The van der Waals surface area contributed by atoms with E-state index in [1.807, 2.05) is 0 Å². The maximum absolute atomic E-state index is 11.8. The van der Waals surface area contributed by atoms with Gasteiger partial charge >= 0.3 is 0 Å². The number of nitrogens with zero attached hydrogens (tertiary/aromatic N) is 4. The van der Waals surface area contributed by atoms with Crippen LogP contribution in [0, 0.1) is 0 Å². The molecule has 2 heterocycles. The first-order valence-corrected chi connectivity index (χ1v) is 4.94. The molecule has 0 bridgehead atoms. The van der Waals surface area contributed by atoms with Crippen LogP contribution >= 0.6 is 0 Å². The lowest BCUT2D eigenvalue weighted by atomic mass is 10.2. The van der Waals surface area contributed by atoms with Crippen molar-refractivity contribution in [3.05, 3.63) is 42.4 Å². The number of carbonyl (C=O) groups excluding carboxylic acids is 1. The van der Waals surface area contributed by atoms with Gasteiger partial charge in [-0.15, -0.1) is 0 Å². The molecule has 0 saturated heterocycles. The maximum Gasteiger partial charge on any atom is 0.216 e. The lowest BCUT2D eigenvalue weighted by molar-refractivity contribution is 0.0982. The van der Waals surface area contributed by atoms with Crippen molar-refractivity contribution >= 4 is 5.78 Å². The number of carbonyl (C=O) groups is 1. The minimum atomic E-state index is -0.189. The summed E-state index contributed by atoms with van der Waals surface area (Å²) in [6.45, 7) is 0. The molecule has 86 valence electrons. The van der Waals surface area contributed by atoms with Gasteiger partial charge in [-0.1, -0.05) is 0 Å². The van der Waals surface area contributed by atoms with Crippen molar-refractivity contribution in [1.82, 2.24) is 19.9 Å². The molecule has 2 aromatic rings. The average molecular weight is 230 g/mol. The van der Waals surface area contributed by atoms with Gasteiger partial charge in [0.05, 0.1) is 19.2 Å². The van der Waals surface area contributed by atoms with Gasteiger partial charge in [0.15, 0.2) is 5.82 Å². The fourth-order valence-corrected chi connectivity index (χ4v) is 1.27. The zero-order valence-electron chi connectivity index (χ0n) is 9.20. The summed E-state index contributed by atoms with van der Waals surface area (Å²) in [6.07, 6.45) is 4.54. The fourth-order valence-electron chi connectivity index (χ4n) is 1.27. The highest BCUT2D eigenvalue weighted by molar-refractivity contribution is 5.93. The predicted octanol–water partition coefficient (Wildman–Crippen LogP) is 0.701. The van der Waals surface area contributed by atoms with Crippen molar-refractivity contribution in [2.75, 3.05) is 7.11 Å². The first kappa shape index (κ1) is 11.1. The van der Waals surface area contributed by atoms with Crippen LogP contribution in [0.15, 0.2) is 30.9 Å². The maximum atomic E-state index is 11.8. The minimum Gasteiger partial charge on any atom is -0.481 e. The molecule has 0 N–H and O–H groups in total. The van der Waals surface area contributed by atoms with E-state index in [0.29, 0.717) is 11.6 Å². The number of hydrogen-bond acceptors (Lipinski definition) is 6. The number of Topliss-reactive ketones (excluding diaryl/α,β-unsaturated/α-hetero) is 1. The van der Waals surface area contributed by atoms with Crippen LogP contribution in [0.5, 0.6) is 5.88 Å². The smallest absolute Gasteiger partial charge is 0.216 e. The van der Waals surface area contributed by atoms with Gasteiger partial charge in [0, 0.05) is 18.5 Å². The van der Waals surface area contributed by atoms with Crippen molar-refractivity contribution in [2.45, 2.75) is 6.42 Å². The topological polar surface area (TPSA) is 77.9 Å². The lowest BCUT2D eigenvalue weighted by Crippen LogP contribution is -2.09. The highest BCUT2D eigenvalue weighted by Gasteiger charge is 2.11. The number of aromatic nitrogens is 4. The van der Waals surface area contributed by atoms with E-state index < -0.39 is 0 Å². The highest BCUT2D eigenvalue weighted by Crippen LogP contribution is 2.07. The van der Waals surface area contributed by atoms with Crippen molar-refractivity contribution in [2.24, 2.45) is 0 Å². The molecule has 2 aromatic heterocycles. The molecule has 0 unspecified atom stereocenters. The van der Waals surface area contributed by atoms with Gasteiger partial charge in [0.25, 0.3) is 0 Å². The van der Waals surface area contributed by atoms with Gasteiger partial charge in [0.2, 0.25) is 11.7 Å². The number of ketones is 1. The lowest BCUT2D eigenvalue weighted by Gasteiger charge is -2.01. The second-order valence-electron chi connectivity index (χ2n) is 3.22. The van der Waals surface area contributed by atoms with Crippen molar-refractivity contribution in [3.63, 3.8) is 0 Å². The predicted molar refractivity (Wildman–Crippen MR) is 58.7 cm³/mol. The van der Waals surface area contributed by atoms with Gasteiger partial charge in [-0.3, -0.25) is 4.79 Å². The third-order valence-corrected chi connectivity index (χ3v) is 2.06. The third-order valence-electron chi connectivity index (χ3n) is 2.06. The van der Waals surface area contributed by atoms with E-state index in [9.17, 15) is 4.79 Å². The number of ether oxygens (including phenoxy) is 1. The van der Waals surface area contributed by atoms with E-state index in [1.54, 1.807) is 12.1 Å². The molecule has 6 nitrogen and oxygen atoms in total. The Kier molecular flexibility index (Phi) is 3.34. The minimum absolute atomic E-state index is 0.128. The summed E-state index contributed by atoms with van der Waals surface area (Å²) in [5.74, 6) is 0.424. The summed E-state index contributed by atoms with van der Waals surface area (Å²) in [5.41, 5.74) is 0.578. The Balaban J connectivity index is 2.13. The van der Waals surface area contributed by atoms with Gasteiger partial charge in [-0.05, 0) is 6.07 Å². The molecule has 0 aliphatic heterocycles. The fraction of sp³-hybridized carbons (Fsp3) is 0.182. The summed E-state index contributed by atoms with van der Waals surface area (Å²) in [5, 5.41) is 0. The Morgan fingerprint density at radius 2 is 2.00 bits per heavy atom. The third kappa shape index (κ3) is 2.81. The number of methoxy groups -OCH3 is 1. The summed E-state index contributed by atoms with van der Waals surface area (Å²) in [6, 6.07) is 3.27. The van der Waals surface area contributed by atoms with E-state index in [1.165, 1.54) is 25.8 Å². The second-order valence-corrected chi connectivity index (χ2v) is 3.22. The molecule has 0 aliphatic rings. The second kappa shape index (κ2) is 5.11. The standard InChI is InChI=1S/C11H10N4O2/c1-17-10-6-8(14-7-15-10)5-9(16)11-12-3-2-4-13-11/h2-4,6-7H,5H2,1H3. The van der Waals surface area contributed by atoms with Crippen molar-refractivity contribution in [1.29, 1.82) is 0 Å². The van der Waals surface area contributed by atoms with Gasteiger partial charge in [-0.2, -0.15) is 0 Å². The summed E-state index contributed by atoms with van der Waals surface area (Å²) in [4.78, 5) is 27.4. The van der Waals surface area contributed by atoms with Crippen LogP contribution in [-0.2, 0) is 6.42 Å². The highest BCUT2D eigenvalue weighted by atomic mass is 16.5. The van der Waals surface area contributed by atoms with Crippen molar-refractivity contribution in [3.8, 4) is 5.88 Å². The summed E-state index contributed by atoms with van der Waals surface area (Å²) >= 11 is 0. The first-order chi connectivity index (χ1) is 8.29. The van der Waals surface area contributed by atoms with Crippen LogP contribution in [0.1, 0.15) is 16.3 Å². The molecule has 0 aliphatic carbocycles. The molecule has 17 heavy (non-hydrogen) atoms. The van der Waals surface area contributed by atoms with E-state index in [4.69, 9.17) is 4.74 Å². The van der Waals surface area contributed by atoms with Crippen LogP contribution in [0.25, 0.3) is 0 Å². The zero-order valence-corrected chi connectivity index (χ0v) is 9.20. The van der Waals surface area contributed by atoms with E-state index in [2.05, 4.69) is 19.9 Å². The van der Waals surface area contributed by atoms with E-state index in [0.717, 1.165) is 0 Å². The van der Waals surface area contributed by atoms with Gasteiger partial charge in [-0.25, -0.2) is 19.9 Å². The quantitative estimate of drug-likeness (QED) is 0.719. The van der Waals surface area contributed by atoms with Crippen LogP contribution in [-0.4, -0.2) is 32.8 Å². The Bertz CT molecular complexity index is 516. The number of hydrogen-bond donors (Lipinski definition) is 0. The molecule has 2 rings (SSSR count). The molecule has 0 spiro atoms. The SMILES string of the molecule is COc1cc(CC(=O)c2ncccn2)ncn1. The summed E-state index contributed by atoms with van der Waals surface area (Å²) < 4.78 is 4.95. The Hall–Kier alpha value is -2.37.